The fraction of sp³-hybridized carbons (Fsp3) is 0.333. The quantitative estimate of drug-likeness (QED) is 0.644. The highest BCUT2D eigenvalue weighted by Gasteiger charge is 2.24. The van der Waals surface area contributed by atoms with Crippen molar-refractivity contribution in [1.29, 1.82) is 0 Å². The van der Waals surface area contributed by atoms with Crippen LogP contribution >= 0.6 is 0 Å². The second kappa shape index (κ2) is 8.95. The second-order valence-corrected chi connectivity index (χ2v) is 7.68. The van der Waals surface area contributed by atoms with Crippen molar-refractivity contribution < 1.29 is 9.53 Å². The Morgan fingerprint density at radius 3 is 2.41 bits per heavy atom. The van der Waals surface area contributed by atoms with E-state index in [4.69, 9.17) is 4.74 Å². The van der Waals surface area contributed by atoms with Gasteiger partial charge >= 0.3 is 0 Å². The fourth-order valence-corrected chi connectivity index (χ4v) is 3.48. The third kappa shape index (κ3) is 4.86. The molecule has 0 radical (unpaired) electrons. The second-order valence-electron chi connectivity index (χ2n) is 7.68. The average Bonchev–Trinajstić information content (AvgIpc) is 3.12. The molecule has 0 bridgehead atoms. The molecule has 0 aliphatic heterocycles. The SMILES string of the molecule is Cc1cc(O[C@@H](C)C(=O)N[C@H](c2ccccc2)c2nccn2C)ccc1C(C)C. The molecule has 0 saturated carbocycles. The van der Waals surface area contributed by atoms with Crippen molar-refractivity contribution in [1.82, 2.24) is 14.9 Å². The Hall–Kier alpha value is -3.08. The number of imidazole rings is 1. The monoisotopic (exact) mass is 391 g/mol. The number of nitrogens with one attached hydrogen (secondary N) is 1. The maximum Gasteiger partial charge on any atom is 0.261 e. The number of aryl methyl sites for hydroxylation is 2. The number of ether oxygens (including phenoxy) is 1. The van der Waals surface area contributed by atoms with Gasteiger partial charge in [0.15, 0.2) is 6.10 Å². The van der Waals surface area contributed by atoms with Crippen LogP contribution in [0, 0.1) is 6.92 Å². The van der Waals surface area contributed by atoms with Crippen LogP contribution in [0.1, 0.15) is 55.2 Å². The number of aromatic nitrogens is 2. The molecule has 1 heterocycles. The summed E-state index contributed by atoms with van der Waals surface area (Å²) in [5.41, 5.74) is 3.42. The maximum atomic E-state index is 12.9. The summed E-state index contributed by atoms with van der Waals surface area (Å²) < 4.78 is 7.85. The lowest BCUT2D eigenvalue weighted by molar-refractivity contribution is -0.127. The Kier molecular flexibility index (Phi) is 6.37. The standard InChI is InChI=1S/C24H29N3O2/c1-16(2)21-12-11-20(15-17(21)3)29-18(4)24(28)26-22(19-9-7-6-8-10-19)23-25-13-14-27(23)5/h6-16,18,22H,1-5H3,(H,26,28)/t18-,22+/m0/s1. The third-order valence-electron chi connectivity index (χ3n) is 5.08. The number of carbonyl (C=O) groups excluding carboxylic acids is 1. The normalized spacial score (nSPS) is 13.2. The zero-order chi connectivity index (χ0) is 21.0. The van der Waals surface area contributed by atoms with E-state index in [-0.39, 0.29) is 11.9 Å². The smallest absolute Gasteiger partial charge is 0.261 e. The van der Waals surface area contributed by atoms with Gasteiger partial charge in [0.2, 0.25) is 0 Å². The average molecular weight is 392 g/mol. The van der Waals surface area contributed by atoms with E-state index in [0.717, 1.165) is 11.4 Å². The van der Waals surface area contributed by atoms with Crippen LogP contribution in [-0.4, -0.2) is 21.6 Å². The first-order valence-corrected chi connectivity index (χ1v) is 9.96. The van der Waals surface area contributed by atoms with E-state index in [9.17, 15) is 4.79 Å². The summed E-state index contributed by atoms with van der Waals surface area (Å²) in [7, 11) is 1.92. The molecule has 3 rings (SSSR count). The van der Waals surface area contributed by atoms with Gasteiger partial charge in [-0.05, 0) is 48.6 Å². The van der Waals surface area contributed by atoms with Crippen LogP contribution in [0.4, 0.5) is 0 Å². The van der Waals surface area contributed by atoms with Crippen molar-refractivity contribution in [2.45, 2.75) is 45.8 Å². The largest absolute Gasteiger partial charge is 0.481 e. The van der Waals surface area contributed by atoms with E-state index < -0.39 is 6.10 Å². The molecule has 0 aliphatic carbocycles. The molecule has 1 aromatic heterocycles. The predicted octanol–water partition coefficient (Wildman–Crippen LogP) is 4.53. The molecule has 5 nitrogen and oxygen atoms in total. The molecular formula is C24H29N3O2. The predicted molar refractivity (Wildman–Crippen MR) is 115 cm³/mol. The summed E-state index contributed by atoms with van der Waals surface area (Å²) in [5.74, 6) is 1.73. The van der Waals surface area contributed by atoms with Crippen LogP contribution in [0.5, 0.6) is 5.75 Å². The number of hydrogen-bond acceptors (Lipinski definition) is 3. The van der Waals surface area contributed by atoms with Crippen molar-refractivity contribution in [3.63, 3.8) is 0 Å². The van der Waals surface area contributed by atoms with Crippen LogP contribution in [0.15, 0.2) is 60.9 Å². The van der Waals surface area contributed by atoms with E-state index in [1.807, 2.05) is 60.3 Å². The summed E-state index contributed by atoms with van der Waals surface area (Å²) in [4.78, 5) is 17.4. The van der Waals surface area contributed by atoms with E-state index in [0.29, 0.717) is 11.7 Å². The van der Waals surface area contributed by atoms with Gasteiger partial charge in [0.1, 0.15) is 17.6 Å². The van der Waals surface area contributed by atoms with Crippen molar-refractivity contribution >= 4 is 5.91 Å². The van der Waals surface area contributed by atoms with E-state index in [2.05, 4.69) is 37.1 Å². The summed E-state index contributed by atoms with van der Waals surface area (Å²) in [6.07, 6.45) is 2.97. The van der Waals surface area contributed by atoms with Gasteiger partial charge in [-0.3, -0.25) is 4.79 Å². The first kappa shape index (κ1) is 20.6. The molecule has 0 spiro atoms. The molecule has 0 unspecified atom stereocenters. The minimum absolute atomic E-state index is 0.188. The van der Waals surface area contributed by atoms with Crippen LogP contribution in [-0.2, 0) is 11.8 Å². The number of amides is 1. The zero-order valence-electron chi connectivity index (χ0n) is 17.7. The molecule has 0 aliphatic rings. The van der Waals surface area contributed by atoms with Gasteiger partial charge in [-0.25, -0.2) is 4.98 Å². The number of nitrogens with zero attached hydrogens (tertiary/aromatic N) is 2. The lowest BCUT2D eigenvalue weighted by Crippen LogP contribution is -2.39. The first-order valence-electron chi connectivity index (χ1n) is 9.96. The van der Waals surface area contributed by atoms with Gasteiger partial charge in [0, 0.05) is 19.4 Å². The molecule has 2 aromatic carbocycles. The van der Waals surface area contributed by atoms with Gasteiger partial charge in [-0.1, -0.05) is 50.2 Å². The van der Waals surface area contributed by atoms with E-state index >= 15 is 0 Å². The van der Waals surface area contributed by atoms with Crippen molar-refractivity contribution in [2.24, 2.45) is 7.05 Å². The molecule has 0 saturated heterocycles. The molecule has 152 valence electrons. The highest BCUT2D eigenvalue weighted by molar-refractivity contribution is 5.81. The molecule has 3 aromatic rings. The highest BCUT2D eigenvalue weighted by Crippen LogP contribution is 2.25. The van der Waals surface area contributed by atoms with Crippen LogP contribution in [0.25, 0.3) is 0 Å². The van der Waals surface area contributed by atoms with Crippen LogP contribution in [0.2, 0.25) is 0 Å². The topological polar surface area (TPSA) is 56.1 Å². The molecule has 29 heavy (non-hydrogen) atoms. The Labute approximate surface area is 172 Å². The van der Waals surface area contributed by atoms with Crippen LogP contribution < -0.4 is 10.1 Å². The van der Waals surface area contributed by atoms with E-state index in [1.165, 1.54) is 11.1 Å². The molecule has 0 fully saturated rings. The Morgan fingerprint density at radius 1 is 1.10 bits per heavy atom. The summed E-state index contributed by atoms with van der Waals surface area (Å²) in [6.45, 7) is 8.17. The zero-order valence-corrected chi connectivity index (χ0v) is 17.7. The summed E-state index contributed by atoms with van der Waals surface area (Å²) >= 11 is 0. The van der Waals surface area contributed by atoms with Crippen LogP contribution in [0.3, 0.4) is 0 Å². The van der Waals surface area contributed by atoms with Crippen molar-refractivity contribution in [3.8, 4) is 5.75 Å². The molecular weight excluding hydrogens is 362 g/mol. The summed E-state index contributed by atoms with van der Waals surface area (Å²) in [5, 5.41) is 3.09. The Morgan fingerprint density at radius 2 is 1.83 bits per heavy atom. The molecule has 5 heteroatoms. The van der Waals surface area contributed by atoms with E-state index in [1.54, 1.807) is 13.1 Å². The first-order chi connectivity index (χ1) is 13.9. The van der Waals surface area contributed by atoms with Gasteiger partial charge in [-0.15, -0.1) is 0 Å². The lowest BCUT2D eigenvalue weighted by Gasteiger charge is -2.22. The fourth-order valence-electron chi connectivity index (χ4n) is 3.48. The van der Waals surface area contributed by atoms with Crippen molar-refractivity contribution in [2.75, 3.05) is 0 Å². The number of hydrogen-bond donors (Lipinski definition) is 1. The van der Waals surface area contributed by atoms with Gasteiger partial charge in [-0.2, -0.15) is 0 Å². The third-order valence-corrected chi connectivity index (χ3v) is 5.08. The lowest BCUT2D eigenvalue weighted by atomic mass is 9.98. The van der Waals surface area contributed by atoms with Gasteiger partial charge in [0.05, 0.1) is 0 Å². The Balaban J connectivity index is 1.76. The molecule has 2 atom stereocenters. The Bertz CT molecular complexity index is 963. The summed E-state index contributed by atoms with van der Waals surface area (Å²) in [6, 6.07) is 15.5. The number of benzene rings is 2. The minimum atomic E-state index is -0.634. The number of rotatable bonds is 7. The maximum absolute atomic E-state index is 12.9. The van der Waals surface area contributed by atoms with Gasteiger partial charge < -0.3 is 14.6 Å². The highest BCUT2D eigenvalue weighted by atomic mass is 16.5. The minimum Gasteiger partial charge on any atom is -0.481 e. The number of carbonyl (C=O) groups is 1. The van der Waals surface area contributed by atoms with Crippen molar-refractivity contribution in [3.05, 3.63) is 83.4 Å². The molecule has 1 amide bonds. The van der Waals surface area contributed by atoms with Gasteiger partial charge in [0.25, 0.3) is 5.91 Å². The molecule has 1 N–H and O–H groups in total.